The van der Waals surface area contributed by atoms with Crippen LogP contribution in [0.2, 0.25) is 0 Å². The lowest BCUT2D eigenvalue weighted by Crippen LogP contribution is -2.18. The number of halogens is 1. The second-order valence-electron chi connectivity index (χ2n) is 1.98. The van der Waals surface area contributed by atoms with Crippen LogP contribution >= 0.6 is 22.6 Å². The second-order valence-corrected chi connectivity index (χ2v) is 3.33. The van der Waals surface area contributed by atoms with Gasteiger partial charge < -0.3 is 5.11 Å². The van der Waals surface area contributed by atoms with E-state index in [0.29, 0.717) is 0 Å². The zero-order valence-corrected chi connectivity index (χ0v) is 7.05. The molecular formula is C5H9IO2. The van der Waals surface area contributed by atoms with Gasteiger partial charge in [0, 0.05) is 0 Å². The molecular weight excluding hydrogens is 219 g/mol. The van der Waals surface area contributed by atoms with Gasteiger partial charge in [0.25, 0.3) is 0 Å². The fourth-order valence-electron chi connectivity index (χ4n) is 0.285. The van der Waals surface area contributed by atoms with Gasteiger partial charge in [-0.1, -0.05) is 36.4 Å². The lowest BCUT2D eigenvalue weighted by atomic mass is 10.1. The van der Waals surface area contributed by atoms with Gasteiger partial charge in [0.2, 0.25) is 0 Å². The first-order chi connectivity index (χ1) is 3.55. The Morgan fingerprint density at radius 2 is 2.00 bits per heavy atom. The van der Waals surface area contributed by atoms with Gasteiger partial charge in [-0.15, -0.1) is 0 Å². The highest BCUT2D eigenvalue weighted by Gasteiger charge is 2.15. The first kappa shape index (κ1) is 8.20. The number of carboxylic acid groups (broad SMARTS) is 1. The Morgan fingerprint density at radius 1 is 1.62 bits per heavy atom. The highest BCUT2D eigenvalue weighted by molar-refractivity contribution is 14.1. The fourth-order valence-corrected chi connectivity index (χ4v) is 0.285. The first-order valence-electron chi connectivity index (χ1n) is 2.42. The molecule has 0 spiro atoms. The highest BCUT2D eigenvalue weighted by atomic mass is 127. The minimum absolute atomic E-state index is 0.230. The fraction of sp³-hybridized carbons (Fsp3) is 0.800. The van der Waals surface area contributed by atoms with Crippen LogP contribution in [0, 0.1) is 5.92 Å². The molecule has 0 aliphatic heterocycles. The maximum absolute atomic E-state index is 10.1. The Morgan fingerprint density at radius 3 is 2.00 bits per heavy atom. The number of carbonyl (C=O) groups is 1. The van der Waals surface area contributed by atoms with Crippen molar-refractivity contribution in [3.05, 3.63) is 0 Å². The molecule has 0 saturated heterocycles. The molecule has 2 nitrogen and oxygen atoms in total. The molecule has 0 aliphatic rings. The molecule has 3 heteroatoms. The first-order valence-corrected chi connectivity index (χ1v) is 3.67. The number of aliphatic carboxylic acids is 1. The van der Waals surface area contributed by atoms with E-state index in [1.54, 1.807) is 0 Å². The van der Waals surface area contributed by atoms with Crippen molar-refractivity contribution >= 4 is 28.6 Å². The molecule has 8 heavy (non-hydrogen) atoms. The number of rotatable bonds is 2. The van der Waals surface area contributed by atoms with Gasteiger partial charge in [0.05, 0.1) is 0 Å². The quantitative estimate of drug-likeness (QED) is 0.574. The Hall–Kier alpha value is 0.200. The lowest BCUT2D eigenvalue weighted by Gasteiger charge is -2.05. The number of carboxylic acids is 1. The zero-order valence-electron chi connectivity index (χ0n) is 4.89. The smallest absolute Gasteiger partial charge is 0.316 e. The Labute approximate surface area is 62.4 Å². The number of hydrogen-bond acceptors (Lipinski definition) is 1. The van der Waals surface area contributed by atoms with Gasteiger partial charge in [0.1, 0.15) is 3.92 Å². The van der Waals surface area contributed by atoms with Crippen molar-refractivity contribution < 1.29 is 9.90 Å². The van der Waals surface area contributed by atoms with Crippen molar-refractivity contribution in [2.45, 2.75) is 17.8 Å². The van der Waals surface area contributed by atoms with Crippen LogP contribution in [-0.4, -0.2) is 15.0 Å². The molecule has 0 saturated carbocycles. The average molecular weight is 228 g/mol. The molecule has 0 bridgehead atoms. The van der Waals surface area contributed by atoms with Crippen LogP contribution in [0.5, 0.6) is 0 Å². The summed E-state index contributed by atoms with van der Waals surface area (Å²) < 4.78 is -0.243. The summed E-state index contributed by atoms with van der Waals surface area (Å²) in [5.74, 6) is -0.492. The Bertz CT molecular complexity index is 90.4. The van der Waals surface area contributed by atoms with Crippen LogP contribution in [0.4, 0.5) is 0 Å². The van der Waals surface area contributed by atoms with E-state index in [2.05, 4.69) is 0 Å². The van der Waals surface area contributed by atoms with Crippen LogP contribution < -0.4 is 0 Å². The normalized spacial score (nSPS) is 14.0. The van der Waals surface area contributed by atoms with Crippen LogP contribution in [0.25, 0.3) is 0 Å². The van der Waals surface area contributed by atoms with Crippen molar-refractivity contribution in [1.82, 2.24) is 0 Å². The molecule has 0 fully saturated rings. The number of hydrogen-bond donors (Lipinski definition) is 1. The standard InChI is InChI=1S/C5H9IO2/c1-3(2)4(6)5(7)8/h3-4H,1-2H3,(H,7,8)/t4-/m0/s1. The third kappa shape index (κ3) is 2.49. The molecule has 1 N–H and O–H groups in total. The van der Waals surface area contributed by atoms with Gasteiger partial charge in [-0.05, 0) is 5.92 Å². The number of alkyl halides is 1. The van der Waals surface area contributed by atoms with Crippen molar-refractivity contribution in [2.24, 2.45) is 5.92 Å². The van der Waals surface area contributed by atoms with Gasteiger partial charge in [0.15, 0.2) is 0 Å². The van der Waals surface area contributed by atoms with Crippen LogP contribution in [0.1, 0.15) is 13.8 Å². The molecule has 0 radical (unpaired) electrons. The minimum atomic E-state index is -0.722. The SMILES string of the molecule is CC(C)[C@H](I)C(=O)O. The van der Waals surface area contributed by atoms with E-state index in [-0.39, 0.29) is 9.84 Å². The largest absolute Gasteiger partial charge is 0.480 e. The van der Waals surface area contributed by atoms with Gasteiger partial charge in [-0.2, -0.15) is 0 Å². The predicted octanol–water partition coefficient (Wildman–Crippen LogP) is 1.53. The van der Waals surface area contributed by atoms with E-state index in [9.17, 15) is 4.79 Å². The molecule has 0 amide bonds. The molecule has 48 valence electrons. The van der Waals surface area contributed by atoms with Crippen LogP contribution in [0.3, 0.4) is 0 Å². The molecule has 1 atom stereocenters. The molecule has 0 aliphatic carbocycles. The second kappa shape index (κ2) is 3.27. The molecule has 0 heterocycles. The van der Waals surface area contributed by atoms with Crippen LogP contribution in [0.15, 0.2) is 0 Å². The summed E-state index contributed by atoms with van der Waals surface area (Å²) in [5.41, 5.74) is 0. The molecule has 0 aromatic heterocycles. The summed E-state index contributed by atoms with van der Waals surface area (Å²) in [5, 5.41) is 8.34. The van der Waals surface area contributed by atoms with Crippen LogP contribution in [-0.2, 0) is 4.79 Å². The monoisotopic (exact) mass is 228 g/mol. The topological polar surface area (TPSA) is 37.3 Å². The van der Waals surface area contributed by atoms with Gasteiger partial charge in [-0.3, -0.25) is 4.79 Å². The van der Waals surface area contributed by atoms with E-state index in [1.165, 1.54) is 0 Å². The maximum Gasteiger partial charge on any atom is 0.316 e. The van der Waals surface area contributed by atoms with Gasteiger partial charge in [-0.25, -0.2) is 0 Å². The van der Waals surface area contributed by atoms with E-state index < -0.39 is 5.97 Å². The molecule has 0 unspecified atom stereocenters. The van der Waals surface area contributed by atoms with E-state index in [4.69, 9.17) is 5.11 Å². The van der Waals surface area contributed by atoms with Crippen molar-refractivity contribution in [1.29, 1.82) is 0 Å². The molecule has 0 aromatic carbocycles. The molecule has 0 aromatic rings. The molecule has 0 rings (SSSR count). The lowest BCUT2D eigenvalue weighted by molar-refractivity contribution is -0.136. The summed E-state index contributed by atoms with van der Waals surface area (Å²) in [4.78, 5) is 10.1. The summed E-state index contributed by atoms with van der Waals surface area (Å²) in [7, 11) is 0. The highest BCUT2D eigenvalue weighted by Crippen LogP contribution is 2.11. The summed E-state index contributed by atoms with van der Waals surface area (Å²) in [6.07, 6.45) is 0. The minimum Gasteiger partial charge on any atom is -0.480 e. The van der Waals surface area contributed by atoms with Crippen molar-refractivity contribution in [2.75, 3.05) is 0 Å². The van der Waals surface area contributed by atoms with Crippen molar-refractivity contribution in [3.8, 4) is 0 Å². The third-order valence-corrected chi connectivity index (χ3v) is 2.79. The third-order valence-electron chi connectivity index (χ3n) is 0.821. The van der Waals surface area contributed by atoms with E-state index in [1.807, 2.05) is 36.4 Å². The zero-order chi connectivity index (χ0) is 6.73. The summed E-state index contributed by atoms with van der Waals surface area (Å²) in [6, 6.07) is 0. The summed E-state index contributed by atoms with van der Waals surface area (Å²) >= 11 is 1.92. The Balaban J connectivity index is 3.64. The average Bonchev–Trinajstić information content (AvgIpc) is 1.64. The Kier molecular flexibility index (Phi) is 3.35. The van der Waals surface area contributed by atoms with Gasteiger partial charge >= 0.3 is 5.97 Å². The predicted molar refractivity (Wildman–Crippen MR) is 40.3 cm³/mol. The maximum atomic E-state index is 10.1. The van der Waals surface area contributed by atoms with Crippen molar-refractivity contribution in [3.63, 3.8) is 0 Å². The van der Waals surface area contributed by atoms with E-state index in [0.717, 1.165) is 0 Å². The summed E-state index contributed by atoms with van der Waals surface area (Å²) in [6.45, 7) is 3.79. The van der Waals surface area contributed by atoms with E-state index >= 15 is 0 Å².